The number of hydrogen-bond donors (Lipinski definition) is 0. The maximum absolute atomic E-state index is 13.5. The number of fused-ring (bicyclic) bond motifs is 1. The van der Waals surface area contributed by atoms with Gasteiger partial charge in [-0.25, -0.2) is 13.4 Å². The van der Waals surface area contributed by atoms with Crippen LogP contribution in [0.2, 0.25) is 0 Å². The molecule has 1 aromatic heterocycles. The molecule has 2 heterocycles. The van der Waals surface area contributed by atoms with Crippen molar-refractivity contribution in [3.05, 3.63) is 83.6 Å². The van der Waals surface area contributed by atoms with Crippen LogP contribution in [0.4, 0.5) is 0 Å². The Hall–Kier alpha value is -3.43. The van der Waals surface area contributed by atoms with E-state index in [1.54, 1.807) is 18.2 Å². The molecule has 0 aliphatic carbocycles. The normalized spacial score (nSPS) is 13.0. The Labute approximate surface area is 199 Å². The maximum atomic E-state index is 13.5. The largest absolute Gasteiger partial charge is 0.486 e. The third kappa shape index (κ3) is 5.73. The summed E-state index contributed by atoms with van der Waals surface area (Å²) in [5.74, 6) is 0.958. The van der Waals surface area contributed by atoms with Crippen LogP contribution in [0.1, 0.15) is 23.1 Å². The summed E-state index contributed by atoms with van der Waals surface area (Å²) in [6.07, 6.45) is 2.23. The first kappa shape index (κ1) is 23.7. The Kier molecular flexibility index (Phi) is 7.44. The van der Waals surface area contributed by atoms with Crippen molar-refractivity contribution < 1.29 is 27.4 Å². The van der Waals surface area contributed by atoms with E-state index in [0.717, 1.165) is 16.7 Å². The zero-order valence-corrected chi connectivity index (χ0v) is 19.7. The number of carbonyl (C=O) groups excluding carboxylic acids is 1. The van der Waals surface area contributed by atoms with Crippen LogP contribution in [0.15, 0.2) is 71.9 Å². The van der Waals surface area contributed by atoms with Gasteiger partial charge in [-0.1, -0.05) is 36.4 Å². The van der Waals surface area contributed by atoms with E-state index in [2.05, 4.69) is 4.98 Å². The minimum Gasteiger partial charge on any atom is -0.486 e. The van der Waals surface area contributed by atoms with Crippen molar-refractivity contribution in [2.75, 3.05) is 20.3 Å². The van der Waals surface area contributed by atoms with E-state index in [4.69, 9.17) is 14.2 Å². The van der Waals surface area contributed by atoms with Crippen LogP contribution in [0.5, 0.6) is 11.5 Å². The fourth-order valence-corrected chi connectivity index (χ4v) is 5.03. The number of sulfonamides is 1. The van der Waals surface area contributed by atoms with Crippen molar-refractivity contribution in [1.82, 2.24) is 9.29 Å². The smallest absolute Gasteiger partial charge is 0.305 e. The molecule has 0 radical (unpaired) electrons. The number of aryl methyl sites for hydroxylation is 1. The molecule has 0 bridgehead atoms. The van der Waals surface area contributed by atoms with E-state index in [0.29, 0.717) is 31.1 Å². The second-order valence-electron chi connectivity index (χ2n) is 7.82. The number of aromatic nitrogens is 1. The molecule has 3 aromatic rings. The van der Waals surface area contributed by atoms with Gasteiger partial charge in [0.2, 0.25) is 0 Å². The average Bonchev–Trinajstić information content (AvgIpc) is 2.87. The predicted molar refractivity (Wildman–Crippen MR) is 125 cm³/mol. The number of nitrogens with zero attached hydrogens (tertiary/aromatic N) is 2. The molecular formula is C25H26N2O6S. The highest BCUT2D eigenvalue weighted by atomic mass is 32.2. The summed E-state index contributed by atoms with van der Waals surface area (Å²) in [5, 5.41) is -0.0191. The molecule has 0 spiro atoms. The van der Waals surface area contributed by atoms with Gasteiger partial charge in [0.15, 0.2) is 16.5 Å². The molecular weight excluding hydrogens is 456 g/mol. The van der Waals surface area contributed by atoms with E-state index in [-0.39, 0.29) is 30.5 Å². The van der Waals surface area contributed by atoms with E-state index < -0.39 is 10.0 Å². The second kappa shape index (κ2) is 10.7. The van der Waals surface area contributed by atoms with Gasteiger partial charge in [0.1, 0.15) is 13.2 Å². The zero-order chi connectivity index (χ0) is 24.0. The van der Waals surface area contributed by atoms with Crippen LogP contribution >= 0.6 is 0 Å². The Morgan fingerprint density at radius 2 is 1.68 bits per heavy atom. The molecule has 0 fully saturated rings. The first-order chi connectivity index (χ1) is 16.5. The SMILES string of the molecule is COC(=O)CCc1cccc(CN(Cc2ccc3c(c2)OCCO3)S(=O)(=O)c2ccccn2)c1. The number of carbonyl (C=O) groups is 1. The predicted octanol–water partition coefficient (Wildman–Crippen LogP) is 3.35. The Balaban J connectivity index is 1.61. The molecule has 8 nitrogen and oxygen atoms in total. The van der Waals surface area contributed by atoms with Gasteiger partial charge in [-0.05, 0) is 47.4 Å². The number of hydrogen-bond acceptors (Lipinski definition) is 7. The highest BCUT2D eigenvalue weighted by Gasteiger charge is 2.27. The molecule has 1 aliphatic heterocycles. The summed E-state index contributed by atoms with van der Waals surface area (Å²) >= 11 is 0. The molecule has 0 saturated heterocycles. The Morgan fingerprint density at radius 1 is 0.941 bits per heavy atom. The summed E-state index contributed by atoms with van der Waals surface area (Å²) in [6, 6.07) is 17.8. The van der Waals surface area contributed by atoms with Crippen molar-refractivity contribution >= 4 is 16.0 Å². The molecule has 34 heavy (non-hydrogen) atoms. The minimum atomic E-state index is -3.89. The van der Waals surface area contributed by atoms with Crippen LogP contribution in [0.25, 0.3) is 0 Å². The lowest BCUT2D eigenvalue weighted by Crippen LogP contribution is -2.31. The fraction of sp³-hybridized carbons (Fsp3) is 0.280. The number of pyridine rings is 1. The Morgan fingerprint density at radius 3 is 2.41 bits per heavy atom. The standard InChI is InChI=1S/C25H26N2O6S/c1-31-25(28)11-9-19-5-4-6-20(15-19)17-27(34(29,30)24-7-2-3-12-26-24)18-21-8-10-22-23(16-21)33-14-13-32-22/h2-8,10,12,15-16H,9,11,13-14,17-18H2,1H3. The van der Waals surface area contributed by atoms with Crippen molar-refractivity contribution in [2.24, 2.45) is 0 Å². The van der Waals surface area contributed by atoms with Crippen molar-refractivity contribution in [3.8, 4) is 11.5 Å². The maximum Gasteiger partial charge on any atom is 0.305 e. The van der Waals surface area contributed by atoms with Crippen LogP contribution in [-0.4, -0.2) is 44.0 Å². The van der Waals surface area contributed by atoms with Crippen LogP contribution in [-0.2, 0) is 39.1 Å². The number of methoxy groups -OCH3 is 1. The van der Waals surface area contributed by atoms with Gasteiger partial charge in [0, 0.05) is 25.7 Å². The summed E-state index contributed by atoms with van der Waals surface area (Å²) in [4.78, 5) is 15.6. The third-order valence-corrected chi connectivity index (χ3v) is 7.11. The molecule has 178 valence electrons. The number of benzene rings is 2. The van der Waals surface area contributed by atoms with E-state index in [9.17, 15) is 13.2 Å². The van der Waals surface area contributed by atoms with Crippen LogP contribution < -0.4 is 9.47 Å². The number of rotatable bonds is 9. The van der Waals surface area contributed by atoms with E-state index >= 15 is 0 Å². The van der Waals surface area contributed by atoms with E-state index in [1.807, 2.05) is 36.4 Å². The van der Waals surface area contributed by atoms with Gasteiger partial charge in [-0.15, -0.1) is 0 Å². The van der Waals surface area contributed by atoms with Gasteiger partial charge in [0.25, 0.3) is 10.0 Å². The first-order valence-corrected chi connectivity index (χ1v) is 12.3. The summed E-state index contributed by atoms with van der Waals surface area (Å²) in [5.41, 5.74) is 2.50. The molecule has 0 N–H and O–H groups in total. The third-order valence-electron chi connectivity index (χ3n) is 5.40. The number of ether oxygens (including phenoxy) is 3. The average molecular weight is 483 g/mol. The summed E-state index contributed by atoms with van der Waals surface area (Å²) in [6.45, 7) is 1.20. The highest BCUT2D eigenvalue weighted by Crippen LogP contribution is 2.32. The minimum absolute atomic E-state index is 0.0191. The molecule has 9 heteroatoms. The first-order valence-electron chi connectivity index (χ1n) is 10.9. The van der Waals surface area contributed by atoms with E-state index in [1.165, 1.54) is 23.7 Å². The lowest BCUT2D eigenvalue weighted by molar-refractivity contribution is -0.140. The van der Waals surface area contributed by atoms with Gasteiger partial charge in [0.05, 0.1) is 7.11 Å². The van der Waals surface area contributed by atoms with Crippen LogP contribution in [0, 0.1) is 0 Å². The monoisotopic (exact) mass is 482 g/mol. The summed E-state index contributed by atoms with van der Waals surface area (Å²) in [7, 11) is -2.53. The summed E-state index contributed by atoms with van der Waals surface area (Å²) < 4.78 is 44.4. The lowest BCUT2D eigenvalue weighted by Gasteiger charge is -2.24. The fourth-order valence-electron chi connectivity index (χ4n) is 3.68. The van der Waals surface area contributed by atoms with Crippen molar-refractivity contribution in [1.29, 1.82) is 0 Å². The molecule has 2 aromatic carbocycles. The van der Waals surface area contributed by atoms with Gasteiger partial charge in [-0.3, -0.25) is 4.79 Å². The van der Waals surface area contributed by atoms with Gasteiger partial charge < -0.3 is 14.2 Å². The van der Waals surface area contributed by atoms with Crippen LogP contribution in [0.3, 0.4) is 0 Å². The molecule has 1 aliphatic rings. The molecule has 0 saturated carbocycles. The molecule has 0 amide bonds. The topological polar surface area (TPSA) is 95.0 Å². The lowest BCUT2D eigenvalue weighted by atomic mass is 10.1. The zero-order valence-electron chi connectivity index (χ0n) is 18.8. The second-order valence-corrected chi connectivity index (χ2v) is 9.70. The molecule has 0 unspecified atom stereocenters. The molecule has 4 rings (SSSR count). The number of esters is 1. The molecule has 0 atom stereocenters. The quantitative estimate of drug-likeness (QED) is 0.432. The van der Waals surface area contributed by atoms with Crippen molar-refractivity contribution in [2.45, 2.75) is 31.0 Å². The van der Waals surface area contributed by atoms with Crippen molar-refractivity contribution in [3.63, 3.8) is 0 Å². The van der Waals surface area contributed by atoms with Gasteiger partial charge >= 0.3 is 5.97 Å². The van der Waals surface area contributed by atoms with Gasteiger partial charge in [-0.2, -0.15) is 4.31 Å². The Bertz CT molecular complexity index is 1250. The highest BCUT2D eigenvalue weighted by molar-refractivity contribution is 7.89.